The van der Waals surface area contributed by atoms with Crippen molar-refractivity contribution in [1.82, 2.24) is 0 Å². The van der Waals surface area contributed by atoms with E-state index in [2.05, 4.69) is 24.3 Å². The van der Waals surface area contributed by atoms with Crippen molar-refractivity contribution >= 4 is 15.6 Å². The van der Waals surface area contributed by atoms with E-state index in [1.165, 1.54) is 5.56 Å². The van der Waals surface area contributed by atoms with Crippen LogP contribution in [0.1, 0.15) is 76.3 Å². The Balaban J connectivity index is 1.48. The maximum absolute atomic E-state index is 12.8. The normalized spacial score (nSPS) is 24.4. The van der Waals surface area contributed by atoms with Crippen molar-refractivity contribution in [2.24, 2.45) is 11.8 Å². The summed E-state index contributed by atoms with van der Waals surface area (Å²) in [6.45, 7) is 6.98. The highest BCUT2D eigenvalue weighted by Gasteiger charge is 2.34. The maximum atomic E-state index is 12.8. The third-order valence-corrected chi connectivity index (χ3v) is 9.52. The molecule has 162 valence electrons. The van der Waals surface area contributed by atoms with Gasteiger partial charge in [-0.2, -0.15) is 0 Å². The van der Waals surface area contributed by atoms with Gasteiger partial charge in [0.2, 0.25) is 0 Å². The summed E-state index contributed by atoms with van der Waals surface area (Å²) in [5, 5.41) is 0. The largest absolute Gasteiger partial charge is 0.381 e. The molecule has 0 N–H and O–H groups in total. The fourth-order valence-corrected chi connectivity index (χ4v) is 5.95. The molecule has 3 rings (SSSR count). The number of Topliss-reactive ketones (excluding diaryl/α,β-unsaturated/α-hetero) is 1. The highest BCUT2D eigenvalue weighted by Crippen LogP contribution is 2.33. The van der Waals surface area contributed by atoms with E-state index in [1.54, 1.807) is 20.8 Å². The lowest BCUT2D eigenvalue weighted by atomic mass is 9.79. The van der Waals surface area contributed by atoms with Crippen LogP contribution >= 0.6 is 0 Å². The first-order valence-electron chi connectivity index (χ1n) is 11.1. The Bertz CT molecular complexity index is 775. The topological polar surface area (TPSA) is 60.4 Å². The van der Waals surface area contributed by atoms with Crippen LogP contribution in [-0.4, -0.2) is 37.9 Å². The molecule has 1 aromatic rings. The van der Waals surface area contributed by atoms with Gasteiger partial charge >= 0.3 is 0 Å². The quantitative estimate of drug-likeness (QED) is 0.668. The fourth-order valence-electron chi connectivity index (χ4n) is 4.50. The third kappa shape index (κ3) is 5.91. The second-order valence-electron chi connectivity index (χ2n) is 9.88. The molecule has 1 saturated heterocycles. The van der Waals surface area contributed by atoms with Gasteiger partial charge in [-0.3, -0.25) is 4.79 Å². The molecule has 1 aromatic carbocycles. The molecule has 0 atom stereocenters. The summed E-state index contributed by atoms with van der Waals surface area (Å²) >= 11 is 0. The molecule has 4 nitrogen and oxygen atoms in total. The van der Waals surface area contributed by atoms with Crippen LogP contribution in [0.15, 0.2) is 24.3 Å². The Hall–Kier alpha value is -1.20. The summed E-state index contributed by atoms with van der Waals surface area (Å²) in [6.07, 6.45) is 5.97. The molecule has 0 unspecified atom stereocenters. The number of carbonyl (C=O) groups is 1. The fraction of sp³-hybridized carbons (Fsp3) is 0.708. The van der Waals surface area contributed by atoms with Crippen LogP contribution in [0.25, 0.3) is 0 Å². The molecule has 0 amide bonds. The molecule has 5 heteroatoms. The number of carbonyl (C=O) groups excluding carboxylic acids is 1. The molecule has 0 aromatic heterocycles. The number of ether oxygens (including phenoxy) is 1. The predicted molar refractivity (Wildman–Crippen MR) is 117 cm³/mol. The number of ketones is 1. The molecule has 29 heavy (non-hydrogen) atoms. The van der Waals surface area contributed by atoms with Crippen molar-refractivity contribution < 1.29 is 17.9 Å². The monoisotopic (exact) mass is 420 g/mol. The van der Waals surface area contributed by atoms with Crippen molar-refractivity contribution in [1.29, 1.82) is 0 Å². The van der Waals surface area contributed by atoms with Gasteiger partial charge in [-0.25, -0.2) is 8.42 Å². The minimum atomic E-state index is -3.09. The smallest absolute Gasteiger partial charge is 0.155 e. The summed E-state index contributed by atoms with van der Waals surface area (Å²) < 4.78 is 29.6. The molecular formula is C24H36O4S. The van der Waals surface area contributed by atoms with E-state index in [1.807, 2.05) is 0 Å². The number of benzene rings is 1. The Morgan fingerprint density at radius 3 is 2.10 bits per heavy atom. The van der Waals surface area contributed by atoms with Gasteiger partial charge in [0.05, 0.1) is 10.5 Å². The van der Waals surface area contributed by atoms with Crippen LogP contribution in [0.4, 0.5) is 0 Å². The molecular weight excluding hydrogens is 384 g/mol. The van der Waals surface area contributed by atoms with Crippen molar-refractivity contribution in [3.8, 4) is 0 Å². The van der Waals surface area contributed by atoms with Crippen LogP contribution in [0.5, 0.6) is 0 Å². The average molecular weight is 421 g/mol. The number of hydrogen-bond donors (Lipinski definition) is 0. The standard InChI is InChI=1S/C24H36O4S/c1-24(2,3)29(26,27)17-19-6-10-22(11-7-19)23(25)16-18-4-8-20(9-5-18)21-12-14-28-15-13-21/h4-5,8-9,19,21-22H,6-7,10-17H2,1-3H3. The molecule has 0 spiro atoms. The zero-order valence-electron chi connectivity index (χ0n) is 18.2. The molecule has 1 aliphatic carbocycles. The Kier molecular flexibility index (Phi) is 7.21. The minimum Gasteiger partial charge on any atom is -0.381 e. The zero-order valence-corrected chi connectivity index (χ0v) is 19.0. The first-order valence-corrected chi connectivity index (χ1v) is 12.7. The molecule has 1 saturated carbocycles. The molecule has 1 heterocycles. The Labute approximate surface area is 176 Å². The van der Waals surface area contributed by atoms with Gasteiger partial charge in [-0.15, -0.1) is 0 Å². The summed E-state index contributed by atoms with van der Waals surface area (Å²) in [5.74, 6) is 1.42. The van der Waals surface area contributed by atoms with Crippen LogP contribution in [0.2, 0.25) is 0 Å². The first-order chi connectivity index (χ1) is 13.7. The lowest BCUT2D eigenvalue weighted by molar-refractivity contribution is -0.123. The van der Waals surface area contributed by atoms with Crippen LogP contribution in [0.3, 0.4) is 0 Å². The van der Waals surface area contributed by atoms with E-state index in [9.17, 15) is 13.2 Å². The Morgan fingerprint density at radius 2 is 1.55 bits per heavy atom. The second-order valence-corrected chi connectivity index (χ2v) is 12.7. The highest BCUT2D eigenvalue weighted by molar-refractivity contribution is 7.92. The van der Waals surface area contributed by atoms with Gasteiger partial charge in [0, 0.05) is 25.6 Å². The summed E-state index contributed by atoms with van der Waals surface area (Å²) in [7, 11) is -3.09. The van der Waals surface area contributed by atoms with Gasteiger partial charge < -0.3 is 4.74 Å². The van der Waals surface area contributed by atoms with Crippen molar-refractivity contribution in [3.05, 3.63) is 35.4 Å². The SMILES string of the molecule is CC(C)(C)S(=O)(=O)CC1CCC(C(=O)Cc2ccc(C3CCOCC3)cc2)CC1. The zero-order chi connectivity index (χ0) is 21.1. The summed E-state index contributed by atoms with van der Waals surface area (Å²) in [4.78, 5) is 12.8. The van der Waals surface area contributed by atoms with E-state index in [0.717, 1.165) is 57.3 Å². The lowest BCUT2D eigenvalue weighted by Gasteiger charge is -2.30. The third-order valence-electron chi connectivity index (χ3n) is 6.74. The second kappa shape index (κ2) is 9.30. The lowest BCUT2D eigenvalue weighted by Crippen LogP contribution is -2.35. The van der Waals surface area contributed by atoms with Crippen molar-refractivity contribution in [2.45, 2.75) is 76.4 Å². The molecule has 0 radical (unpaired) electrons. The predicted octanol–water partition coefficient (Wildman–Crippen LogP) is 4.71. The molecule has 2 fully saturated rings. The van der Waals surface area contributed by atoms with E-state index < -0.39 is 14.6 Å². The van der Waals surface area contributed by atoms with Gasteiger partial charge in [-0.1, -0.05) is 24.3 Å². The van der Waals surface area contributed by atoms with Crippen molar-refractivity contribution in [3.63, 3.8) is 0 Å². The van der Waals surface area contributed by atoms with Crippen LogP contribution < -0.4 is 0 Å². The van der Waals surface area contributed by atoms with Crippen LogP contribution in [-0.2, 0) is 25.8 Å². The van der Waals surface area contributed by atoms with E-state index in [-0.39, 0.29) is 17.6 Å². The first kappa shape index (κ1) is 22.5. The minimum absolute atomic E-state index is 0.0822. The maximum Gasteiger partial charge on any atom is 0.155 e. The molecule has 1 aliphatic heterocycles. The molecule has 0 bridgehead atoms. The van der Waals surface area contributed by atoms with E-state index >= 15 is 0 Å². The van der Waals surface area contributed by atoms with Crippen molar-refractivity contribution in [2.75, 3.05) is 19.0 Å². The summed E-state index contributed by atoms with van der Waals surface area (Å²) in [6, 6.07) is 8.55. The van der Waals surface area contributed by atoms with E-state index in [0.29, 0.717) is 18.1 Å². The van der Waals surface area contributed by atoms with Gasteiger partial charge in [0.25, 0.3) is 0 Å². The highest BCUT2D eigenvalue weighted by atomic mass is 32.2. The number of sulfone groups is 1. The number of rotatable bonds is 6. The van der Waals surface area contributed by atoms with E-state index in [4.69, 9.17) is 4.74 Å². The number of hydrogen-bond acceptors (Lipinski definition) is 4. The average Bonchev–Trinajstić information content (AvgIpc) is 2.68. The summed E-state index contributed by atoms with van der Waals surface area (Å²) in [5.41, 5.74) is 2.44. The Morgan fingerprint density at radius 1 is 0.966 bits per heavy atom. The molecule has 2 aliphatic rings. The van der Waals surface area contributed by atoms with Crippen LogP contribution in [0, 0.1) is 11.8 Å². The van der Waals surface area contributed by atoms with Gasteiger partial charge in [-0.05, 0) is 82.3 Å². The van der Waals surface area contributed by atoms with Gasteiger partial charge in [0.15, 0.2) is 9.84 Å². The van der Waals surface area contributed by atoms with Gasteiger partial charge in [0.1, 0.15) is 5.78 Å².